The van der Waals surface area contributed by atoms with Crippen molar-refractivity contribution >= 4 is 0 Å². The van der Waals surface area contributed by atoms with E-state index >= 15 is 0 Å². The molecular formula is C10H18N2O. The molecule has 0 aromatic heterocycles. The topological polar surface area (TPSA) is 56.0 Å². The Hall–Kier alpha value is -0.590. The van der Waals surface area contributed by atoms with Crippen molar-refractivity contribution in [3.8, 4) is 6.07 Å². The quantitative estimate of drug-likeness (QED) is 0.628. The largest absolute Gasteiger partial charge is 0.394 e. The number of aliphatic hydroxyl groups is 1. The molecule has 1 fully saturated rings. The van der Waals surface area contributed by atoms with Gasteiger partial charge < -0.3 is 10.4 Å². The van der Waals surface area contributed by atoms with Gasteiger partial charge in [0, 0.05) is 12.0 Å². The lowest BCUT2D eigenvalue weighted by atomic mass is 9.99. The number of nitriles is 1. The molecule has 0 bridgehead atoms. The Labute approximate surface area is 79.8 Å². The molecule has 13 heavy (non-hydrogen) atoms. The fourth-order valence-corrected chi connectivity index (χ4v) is 1.96. The van der Waals surface area contributed by atoms with Crippen molar-refractivity contribution in [1.29, 1.82) is 5.26 Å². The van der Waals surface area contributed by atoms with Crippen molar-refractivity contribution < 1.29 is 5.11 Å². The van der Waals surface area contributed by atoms with Gasteiger partial charge in [0.2, 0.25) is 0 Å². The molecule has 3 heteroatoms. The smallest absolute Gasteiger partial charge is 0.0622 e. The number of rotatable bonds is 5. The molecule has 2 N–H and O–H groups in total. The Balaban J connectivity index is 2.20. The third kappa shape index (κ3) is 2.98. The van der Waals surface area contributed by atoms with Crippen LogP contribution >= 0.6 is 0 Å². The summed E-state index contributed by atoms with van der Waals surface area (Å²) in [6.07, 6.45) is 6.08. The number of hydrogen-bond donors (Lipinski definition) is 2. The lowest BCUT2D eigenvalue weighted by molar-refractivity contribution is 0.164. The second-order valence-corrected chi connectivity index (χ2v) is 3.83. The van der Waals surface area contributed by atoms with Gasteiger partial charge in [0.15, 0.2) is 0 Å². The molecule has 0 aliphatic heterocycles. The molecule has 74 valence electrons. The van der Waals surface area contributed by atoms with Crippen LogP contribution in [0, 0.1) is 11.3 Å². The van der Waals surface area contributed by atoms with E-state index in [2.05, 4.69) is 11.4 Å². The van der Waals surface area contributed by atoms with Gasteiger partial charge in [-0.2, -0.15) is 5.26 Å². The fourth-order valence-electron chi connectivity index (χ4n) is 1.96. The van der Waals surface area contributed by atoms with Gasteiger partial charge in [-0.1, -0.05) is 12.8 Å². The van der Waals surface area contributed by atoms with E-state index in [0.717, 1.165) is 25.8 Å². The zero-order valence-electron chi connectivity index (χ0n) is 8.05. The molecule has 0 heterocycles. The molecule has 0 aromatic rings. The van der Waals surface area contributed by atoms with Gasteiger partial charge in [0.25, 0.3) is 0 Å². The number of hydrogen-bond acceptors (Lipinski definition) is 3. The zero-order chi connectivity index (χ0) is 9.57. The fraction of sp³-hybridized carbons (Fsp3) is 0.900. The molecule has 0 atom stereocenters. The first kappa shape index (κ1) is 10.5. The van der Waals surface area contributed by atoms with Gasteiger partial charge in [0.1, 0.15) is 0 Å². The lowest BCUT2D eigenvalue weighted by Gasteiger charge is -2.27. The van der Waals surface area contributed by atoms with Crippen molar-refractivity contribution in [1.82, 2.24) is 5.32 Å². The van der Waals surface area contributed by atoms with Gasteiger partial charge >= 0.3 is 0 Å². The van der Waals surface area contributed by atoms with Crippen molar-refractivity contribution in [2.24, 2.45) is 0 Å². The average Bonchev–Trinajstić information content (AvgIpc) is 2.62. The van der Waals surface area contributed by atoms with Crippen LogP contribution in [0.3, 0.4) is 0 Å². The van der Waals surface area contributed by atoms with E-state index < -0.39 is 0 Å². The summed E-state index contributed by atoms with van der Waals surface area (Å²) in [5.41, 5.74) is -0.0184. The van der Waals surface area contributed by atoms with Gasteiger partial charge in [-0.15, -0.1) is 0 Å². The Morgan fingerprint density at radius 1 is 1.38 bits per heavy atom. The van der Waals surface area contributed by atoms with E-state index in [1.807, 2.05) is 0 Å². The van der Waals surface area contributed by atoms with Gasteiger partial charge in [0.05, 0.1) is 12.7 Å². The van der Waals surface area contributed by atoms with E-state index in [9.17, 15) is 5.11 Å². The minimum atomic E-state index is -0.0184. The first-order chi connectivity index (χ1) is 6.33. The van der Waals surface area contributed by atoms with Gasteiger partial charge in [-0.25, -0.2) is 0 Å². The van der Waals surface area contributed by atoms with Crippen LogP contribution in [-0.4, -0.2) is 23.8 Å². The second-order valence-electron chi connectivity index (χ2n) is 3.83. The molecule has 1 aliphatic carbocycles. The summed E-state index contributed by atoms with van der Waals surface area (Å²) < 4.78 is 0. The van der Waals surface area contributed by atoms with Crippen molar-refractivity contribution in [2.75, 3.05) is 13.2 Å². The van der Waals surface area contributed by atoms with Crippen molar-refractivity contribution in [3.63, 3.8) is 0 Å². The van der Waals surface area contributed by atoms with Crippen LogP contribution in [0.2, 0.25) is 0 Å². The Kier molecular flexibility index (Phi) is 4.20. The number of aliphatic hydroxyl groups excluding tert-OH is 1. The van der Waals surface area contributed by atoms with Crippen molar-refractivity contribution in [3.05, 3.63) is 0 Å². The van der Waals surface area contributed by atoms with Crippen LogP contribution in [0.1, 0.15) is 38.5 Å². The standard InChI is InChI=1S/C10H18N2O/c11-7-3-4-8-12-10(9-13)5-1-2-6-10/h12-13H,1-6,8-9H2. The first-order valence-electron chi connectivity index (χ1n) is 5.06. The number of unbranched alkanes of at least 4 members (excludes halogenated alkanes) is 1. The van der Waals surface area contributed by atoms with Crippen LogP contribution in [0.4, 0.5) is 0 Å². The summed E-state index contributed by atoms with van der Waals surface area (Å²) in [6, 6.07) is 2.12. The average molecular weight is 182 g/mol. The third-order valence-electron chi connectivity index (χ3n) is 2.83. The van der Waals surface area contributed by atoms with E-state index in [0.29, 0.717) is 6.42 Å². The number of nitrogens with one attached hydrogen (secondary N) is 1. The highest BCUT2D eigenvalue weighted by Crippen LogP contribution is 2.28. The Morgan fingerprint density at radius 3 is 2.62 bits per heavy atom. The first-order valence-corrected chi connectivity index (χ1v) is 5.06. The van der Waals surface area contributed by atoms with E-state index in [-0.39, 0.29) is 12.1 Å². The second kappa shape index (κ2) is 5.21. The Bertz CT molecular complexity index is 180. The third-order valence-corrected chi connectivity index (χ3v) is 2.83. The molecule has 0 amide bonds. The summed E-state index contributed by atoms with van der Waals surface area (Å²) in [5.74, 6) is 0. The summed E-state index contributed by atoms with van der Waals surface area (Å²) >= 11 is 0. The molecule has 0 radical (unpaired) electrons. The molecule has 1 rings (SSSR count). The maximum absolute atomic E-state index is 9.25. The molecule has 3 nitrogen and oxygen atoms in total. The number of nitrogens with zero attached hydrogens (tertiary/aromatic N) is 1. The zero-order valence-corrected chi connectivity index (χ0v) is 8.05. The van der Waals surface area contributed by atoms with Crippen LogP contribution in [-0.2, 0) is 0 Å². The minimum absolute atomic E-state index is 0.0184. The highest BCUT2D eigenvalue weighted by atomic mass is 16.3. The van der Waals surface area contributed by atoms with E-state index in [1.54, 1.807) is 0 Å². The van der Waals surface area contributed by atoms with Crippen LogP contribution in [0.5, 0.6) is 0 Å². The molecule has 1 saturated carbocycles. The maximum Gasteiger partial charge on any atom is 0.0622 e. The predicted molar refractivity (Wildman–Crippen MR) is 51.1 cm³/mol. The normalized spacial score (nSPS) is 20.0. The van der Waals surface area contributed by atoms with Crippen molar-refractivity contribution in [2.45, 2.75) is 44.1 Å². The molecule has 0 saturated heterocycles. The molecule has 1 aliphatic rings. The summed E-state index contributed by atoms with van der Waals surface area (Å²) in [5, 5.41) is 21.0. The maximum atomic E-state index is 9.25. The summed E-state index contributed by atoms with van der Waals surface area (Å²) in [4.78, 5) is 0. The molecule has 0 aromatic carbocycles. The molecule has 0 spiro atoms. The predicted octanol–water partition coefficient (Wildman–Crippen LogP) is 1.18. The van der Waals surface area contributed by atoms with Crippen LogP contribution in [0.15, 0.2) is 0 Å². The minimum Gasteiger partial charge on any atom is -0.394 e. The van der Waals surface area contributed by atoms with Gasteiger partial charge in [-0.3, -0.25) is 0 Å². The Morgan fingerprint density at radius 2 is 2.08 bits per heavy atom. The molecular weight excluding hydrogens is 164 g/mol. The van der Waals surface area contributed by atoms with Crippen LogP contribution in [0.25, 0.3) is 0 Å². The monoisotopic (exact) mass is 182 g/mol. The SMILES string of the molecule is N#CCCCNC1(CO)CCCC1. The lowest BCUT2D eigenvalue weighted by Crippen LogP contribution is -2.46. The van der Waals surface area contributed by atoms with Crippen LogP contribution < -0.4 is 5.32 Å². The molecule has 0 unspecified atom stereocenters. The highest BCUT2D eigenvalue weighted by Gasteiger charge is 2.31. The van der Waals surface area contributed by atoms with E-state index in [4.69, 9.17) is 5.26 Å². The van der Waals surface area contributed by atoms with Gasteiger partial charge in [-0.05, 0) is 25.8 Å². The van der Waals surface area contributed by atoms with E-state index in [1.165, 1.54) is 12.8 Å². The summed E-state index contributed by atoms with van der Waals surface area (Å²) in [6.45, 7) is 1.09. The highest BCUT2D eigenvalue weighted by molar-refractivity contribution is 4.92. The summed E-state index contributed by atoms with van der Waals surface area (Å²) in [7, 11) is 0.